The Balaban J connectivity index is 2.18. The molecule has 0 spiro atoms. The van der Waals surface area contributed by atoms with Gasteiger partial charge >= 0.3 is 0 Å². The minimum Gasteiger partial charge on any atom is -0.569 e. The van der Waals surface area contributed by atoms with Crippen LogP contribution in [0.4, 0.5) is 0 Å². The summed E-state index contributed by atoms with van der Waals surface area (Å²) in [7, 11) is 0. The molecule has 1 aliphatic heterocycles. The zero-order valence-corrected chi connectivity index (χ0v) is 7.53. The van der Waals surface area contributed by atoms with Gasteiger partial charge in [-0.3, -0.25) is 0 Å². The van der Waals surface area contributed by atoms with Gasteiger partial charge < -0.3 is 15.2 Å². The molecule has 1 N–H and O–H groups in total. The van der Waals surface area contributed by atoms with Crippen molar-refractivity contribution in [2.75, 3.05) is 25.3 Å². The molecule has 6 nitrogen and oxygen atoms in total. The average Bonchev–Trinajstić information content (AvgIpc) is 1.99. The third-order valence-corrected chi connectivity index (χ3v) is 1.72. The molecular formula is C5H11N3O3S. The van der Waals surface area contributed by atoms with Crippen molar-refractivity contribution < 1.29 is 14.9 Å². The Kier molecular flexibility index (Phi) is 3.42. The van der Waals surface area contributed by atoms with Crippen molar-refractivity contribution in [2.24, 2.45) is 5.28 Å². The highest BCUT2D eigenvalue weighted by molar-refractivity contribution is 7.98. The second kappa shape index (κ2) is 4.36. The van der Waals surface area contributed by atoms with Crippen LogP contribution in [0, 0.1) is 5.21 Å². The van der Waals surface area contributed by atoms with Crippen LogP contribution in [0.5, 0.6) is 0 Å². The molecule has 1 heterocycles. The second-order valence-corrected chi connectivity index (χ2v) is 3.21. The van der Waals surface area contributed by atoms with Gasteiger partial charge in [0.25, 0.3) is 0 Å². The van der Waals surface area contributed by atoms with Gasteiger partial charge in [-0.2, -0.15) is 0 Å². The Bertz CT molecular complexity index is 171. The van der Waals surface area contributed by atoms with E-state index in [4.69, 9.17) is 5.11 Å². The van der Waals surface area contributed by atoms with Gasteiger partial charge in [0.2, 0.25) is 5.28 Å². The standard InChI is InChI=1S/C5H11N3O3S/c1-12-4-11-6-8(10)7-2-5(9)3-7/h5,9H,2-4H2,1H3/b8-6-. The Morgan fingerprint density at radius 1 is 1.83 bits per heavy atom. The molecule has 1 rings (SSSR count). The molecule has 0 aromatic heterocycles. The maximum atomic E-state index is 10.9. The number of aliphatic hydroxyl groups is 1. The van der Waals surface area contributed by atoms with Crippen LogP contribution in [0.25, 0.3) is 0 Å². The van der Waals surface area contributed by atoms with Crippen LogP contribution in [0.2, 0.25) is 0 Å². The number of β-amino-alcohol motifs (C(OH)–C–C–N with tert-alkyl or cyclic N) is 1. The highest BCUT2D eigenvalue weighted by atomic mass is 32.2. The number of thioether (sulfide) groups is 1. The molecule has 0 saturated carbocycles. The van der Waals surface area contributed by atoms with Crippen molar-refractivity contribution in [3.63, 3.8) is 0 Å². The van der Waals surface area contributed by atoms with Crippen LogP contribution in [0.15, 0.2) is 5.28 Å². The van der Waals surface area contributed by atoms with Crippen molar-refractivity contribution in [1.82, 2.24) is 5.01 Å². The quantitative estimate of drug-likeness (QED) is 0.220. The zero-order chi connectivity index (χ0) is 8.97. The van der Waals surface area contributed by atoms with Gasteiger partial charge in [-0.15, -0.1) is 16.8 Å². The number of aliphatic hydroxyl groups excluding tert-OH is 1. The summed E-state index contributed by atoms with van der Waals surface area (Å²) in [5, 5.41) is 24.3. The van der Waals surface area contributed by atoms with Gasteiger partial charge in [-0.25, -0.2) is 0 Å². The summed E-state index contributed by atoms with van der Waals surface area (Å²) in [4.78, 5) is 4.98. The van der Waals surface area contributed by atoms with E-state index in [-0.39, 0.29) is 0 Å². The van der Waals surface area contributed by atoms with E-state index in [1.165, 1.54) is 16.8 Å². The first-order chi connectivity index (χ1) is 5.74. The Hall–Kier alpha value is -0.690. The monoisotopic (exact) mass is 193 g/mol. The Morgan fingerprint density at radius 3 is 3.00 bits per heavy atom. The smallest absolute Gasteiger partial charge is 0.234 e. The van der Waals surface area contributed by atoms with Crippen LogP contribution < -0.4 is 0 Å². The van der Waals surface area contributed by atoms with Gasteiger partial charge in [-0.1, -0.05) is 0 Å². The normalized spacial score (nSPS) is 19.2. The summed E-state index contributed by atoms with van der Waals surface area (Å²) in [5.41, 5.74) is 0. The third-order valence-electron chi connectivity index (χ3n) is 1.38. The number of nitrogens with zero attached hydrogens (tertiary/aromatic N) is 3. The summed E-state index contributed by atoms with van der Waals surface area (Å²) >= 11 is 1.43. The molecule has 0 unspecified atom stereocenters. The van der Waals surface area contributed by atoms with Crippen LogP contribution in [0.1, 0.15) is 0 Å². The molecule has 0 aromatic rings. The highest BCUT2D eigenvalue weighted by Gasteiger charge is 2.31. The maximum Gasteiger partial charge on any atom is 0.234 e. The van der Waals surface area contributed by atoms with E-state index in [1.807, 2.05) is 6.26 Å². The van der Waals surface area contributed by atoms with Crippen LogP contribution in [-0.4, -0.2) is 46.5 Å². The molecule has 0 amide bonds. The minimum atomic E-state index is -0.405. The number of rotatable bonds is 4. The second-order valence-electron chi connectivity index (χ2n) is 2.40. The summed E-state index contributed by atoms with van der Waals surface area (Å²) in [6.07, 6.45) is 1.44. The predicted molar refractivity (Wildman–Crippen MR) is 43.1 cm³/mol. The summed E-state index contributed by atoms with van der Waals surface area (Å²) in [5.74, 6) is 0.356. The molecule has 1 aliphatic rings. The van der Waals surface area contributed by atoms with Gasteiger partial charge in [0, 0.05) is 0 Å². The van der Waals surface area contributed by atoms with E-state index >= 15 is 0 Å². The lowest BCUT2D eigenvalue weighted by atomic mass is 10.2. The van der Waals surface area contributed by atoms with Crippen molar-refractivity contribution in [3.8, 4) is 0 Å². The summed E-state index contributed by atoms with van der Waals surface area (Å²) in [6.45, 7) is 0.658. The first-order valence-electron chi connectivity index (χ1n) is 3.46. The van der Waals surface area contributed by atoms with E-state index in [0.717, 1.165) is 0 Å². The molecule has 0 radical (unpaired) electrons. The molecule has 0 atom stereocenters. The lowest BCUT2D eigenvalue weighted by molar-refractivity contribution is -0.726. The molecule has 0 bridgehead atoms. The van der Waals surface area contributed by atoms with Gasteiger partial charge in [0.05, 0.1) is 4.97 Å². The van der Waals surface area contributed by atoms with E-state index in [0.29, 0.717) is 24.0 Å². The molecule has 0 aliphatic carbocycles. The molecule has 12 heavy (non-hydrogen) atoms. The number of hydrazine groups is 1. The van der Waals surface area contributed by atoms with Crippen LogP contribution in [-0.2, 0) is 4.84 Å². The molecule has 0 aromatic carbocycles. The first kappa shape index (κ1) is 9.40. The molecule has 1 fully saturated rings. The fraction of sp³-hybridized carbons (Fsp3) is 1.00. The number of hydrogen-bond acceptors (Lipinski definition) is 5. The SMILES string of the molecule is CSCO/N=[N+](\[O-])N1CC(O)C1. The fourth-order valence-electron chi connectivity index (χ4n) is 0.750. The van der Waals surface area contributed by atoms with Crippen molar-refractivity contribution in [3.05, 3.63) is 5.21 Å². The van der Waals surface area contributed by atoms with Crippen molar-refractivity contribution >= 4 is 11.8 Å². The predicted octanol–water partition coefficient (Wildman–Crippen LogP) is -0.207. The Morgan fingerprint density at radius 2 is 2.50 bits per heavy atom. The zero-order valence-electron chi connectivity index (χ0n) is 6.71. The average molecular weight is 193 g/mol. The molecule has 7 heteroatoms. The lowest BCUT2D eigenvalue weighted by Crippen LogP contribution is -2.53. The number of hydrogen-bond donors (Lipinski definition) is 1. The van der Waals surface area contributed by atoms with Gasteiger partial charge in [0.15, 0.2) is 5.94 Å². The fourth-order valence-corrected chi connectivity index (χ4v) is 0.903. The van der Waals surface area contributed by atoms with Gasteiger partial charge in [0.1, 0.15) is 19.2 Å². The minimum absolute atomic E-state index is 0.329. The maximum absolute atomic E-state index is 10.9. The molecular weight excluding hydrogens is 182 g/mol. The highest BCUT2D eigenvalue weighted by Crippen LogP contribution is 2.07. The van der Waals surface area contributed by atoms with Crippen molar-refractivity contribution in [2.45, 2.75) is 6.10 Å². The van der Waals surface area contributed by atoms with Crippen LogP contribution in [0.3, 0.4) is 0 Å². The summed E-state index contributed by atoms with van der Waals surface area (Å²) in [6, 6.07) is 0. The van der Waals surface area contributed by atoms with E-state index in [2.05, 4.69) is 10.1 Å². The van der Waals surface area contributed by atoms with E-state index in [9.17, 15) is 5.21 Å². The third kappa shape index (κ3) is 2.42. The topological polar surface area (TPSA) is 71.1 Å². The summed E-state index contributed by atoms with van der Waals surface area (Å²) < 4.78 is 0. The molecule has 70 valence electrons. The van der Waals surface area contributed by atoms with E-state index in [1.54, 1.807) is 0 Å². The molecule has 1 saturated heterocycles. The Labute approximate surface area is 74.3 Å². The van der Waals surface area contributed by atoms with Crippen LogP contribution >= 0.6 is 11.8 Å². The van der Waals surface area contributed by atoms with E-state index < -0.39 is 6.10 Å². The first-order valence-corrected chi connectivity index (χ1v) is 4.85. The van der Waals surface area contributed by atoms with Gasteiger partial charge in [-0.05, 0) is 6.26 Å². The largest absolute Gasteiger partial charge is 0.569 e. The lowest BCUT2D eigenvalue weighted by Gasteiger charge is -2.30. The van der Waals surface area contributed by atoms with Crippen molar-refractivity contribution in [1.29, 1.82) is 0 Å².